The van der Waals surface area contributed by atoms with Crippen molar-refractivity contribution in [1.82, 2.24) is 5.32 Å². The first-order chi connectivity index (χ1) is 9.56. The van der Waals surface area contributed by atoms with E-state index in [1.54, 1.807) is 0 Å². The van der Waals surface area contributed by atoms with Gasteiger partial charge in [0.05, 0.1) is 19.6 Å². The van der Waals surface area contributed by atoms with Crippen LogP contribution in [0, 0.1) is 6.92 Å². The van der Waals surface area contributed by atoms with Crippen LogP contribution in [0.4, 0.5) is 0 Å². The Morgan fingerprint density at radius 2 is 1.90 bits per heavy atom. The topological polar surface area (TPSA) is 55.4 Å². The number of carbonyl (C=O) groups excluding carboxylic acids is 2. The lowest BCUT2D eigenvalue weighted by atomic mass is 10.0. The van der Waals surface area contributed by atoms with Gasteiger partial charge in [-0.1, -0.05) is 43.2 Å². The largest absolute Gasteiger partial charge is 0.469 e. The molecule has 4 heteroatoms. The Hall–Kier alpha value is -1.84. The van der Waals surface area contributed by atoms with Gasteiger partial charge in [-0.2, -0.15) is 0 Å². The van der Waals surface area contributed by atoms with Crippen molar-refractivity contribution in [3.8, 4) is 0 Å². The van der Waals surface area contributed by atoms with Crippen LogP contribution in [0.5, 0.6) is 0 Å². The number of benzene rings is 1. The molecule has 1 rings (SSSR count). The van der Waals surface area contributed by atoms with Gasteiger partial charge in [0.15, 0.2) is 0 Å². The molecule has 20 heavy (non-hydrogen) atoms. The average Bonchev–Trinajstić information content (AvgIpc) is 2.45. The van der Waals surface area contributed by atoms with E-state index in [2.05, 4.69) is 5.32 Å². The van der Waals surface area contributed by atoms with Crippen molar-refractivity contribution in [2.75, 3.05) is 7.11 Å². The zero-order chi connectivity index (χ0) is 15.0. The third-order valence-corrected chi connectivity index (χ3v) is 3.17. The summed E-state index contributed by atoms with van der Waals surface area (Å²) in [6.07, 6.45) is 2.46. The molecule has 0 aliphatic carbocycles. The highest BCUT2D eigenvalue weighted by Crippen LogP contribution is 2.18. The first kappa shape index (κ1) is 16.2. The summed E-state index contributed by atoms with van der Waals surface area (Å²) < 4.78 is 4.70. The Morgan fingerprint density at radius 1 is 1.25 bits per heavy atom. The van der Waals surface area contributed by atoms with Gasteiger partial charge in [0.1, 0.15) is 0 Å². The van der Waals surface area contributed by atoms with Gasteiger partial charge in [-0.25, -0.2) is 0 Å². The van der Waals surface area contributed by atoms with Crippen LogP contribution in [0.1, 0.15) is 49.8 Å². The number of rotatable bonds is 7. The molecule has 0 saturated carbocycles. The molecule has 0 saturated heterocycles. The summed E-state index contributed by atoms with van der Waals surface area (Å²) in [5.41, 5.74) is 2.06. The molecule has 1 N–H and O–H groups in total. The van der Waals surface area contributed by atoms with Gasteiger partial charge in [-0.05, 0) is 18.9 Å². The standard InChI is InChI=1S/C16H23NO3/c1-4-5-6-15(18)17-14(11-16(19)20-3)13-9-7-12(2)8-10-13/h7-10,14H,4-6,11H2,1-3H3,(H,17,18)/t14-/m0/s1. The fourth-order valence-corrected chi connectivity index (χ4v) is 1.90. The van der Waals surface area contributed by atoms with Gasteiger partial charge in [-0.3, -0.25) is 9.59 Å². The molecule has 0 heterocycles. The molecule has 4 nitrogen and oxygen atoms in total. The molecule has 1 aromatic rings. The fourth-order valence-electron chi connectivity index (χ4n) is 1.90. The Bertz CT molecular complexity index is 440. The summed E-state index contributed by atoms with van der Waals surface area (Å²) in [4.78, 5) is 23.3. The monoisotopic (exact) mass is 277 g/mol. The lowest BCUT2D eigenvalue weighted by molar-refractivity contribution is -0.141. The number of aryl methyl sites for hydroxylation is 1. The minimum absolute atomic E-state index is 0.0265. The molecule has 0 spiro atoms. The first-order valence-electron chi connectivity index (χ1n) is 6.99. The van der Waals surface area contributed by atoms with E-state index in [0.717, 1.165) is 24.0 Å². The number of hydrogen-bond acceptors (Lipinski definition) is 3. The van der Waals surface area contributed by atoms with Gasteiger partial charge in [0.25, 0.3) is 0 Å². The van der Waals surface area contributed by atoms with Crippen molar-refractivity contribution in [3.63, 3.8) is 0 Å². The SMILES string of the molecule is CCCCC(=O)N[C@@H](CC(=O)OC)c1ccc(C)cc1. The predicted octanol–water partition coefficient (Wildman–Crippen LogP) is 2.91. The van der Waals surface area contributed by atoms with Gasteiger partial charge in [0, 0.05) is 6.42 Å². The van der Waals surface area contributed by atoms with Crippen molar-refractivity contribution in [2.24, 2.45) is 0 Å². The zero-order valence-corrected chi connectivity index (χ0v) is 12.4. The summed E-state index contributed by atoms with van der Waals surface area (Å²) in [6.45, 7) is 4.04. The van der Waals surface area contributed by atoms with Crippen LogP contribution in [0.2, 0.25) is 0 Å². The molecule has 0 aliphatic heterocycles. The van der Waals surface area contributed by atoms with Crippen molar-refractivity contribution < 1.29 is 14.3 Å². The smallest absolute Gasteiger partial charge is 0.307 e. The van der Waals surface area contributed by atoms with Gasteiger partial charge >= 0.3 is 5.97 Å². The lowest BCUT2D eigenvalue weighted by Crippen LogP contribution is -2.30. The number of unbranched alkanes of at least 4 members (excludes halogenated alkanes) is 1. The molecule has 1 aromatic carbocycles. The first-order valence-corrected chi connectivity index (χ1v) is 6.99. The van der Waals surface area contributed by atoms with E-state index in [0.29, 0.717) is 6.42 Å². The quantitative estimate of drug-likeness (QED) is 0.780. The summed E-state index contributed by atoms with van der Waals surface area (Å²) in [6, 6.07) is 7.48. The van der Waals surface area contributed by atoms with E-state index in [1.807, 2.05) is 38.1 Å². The minimum atomic E-state index is -0.327. The van der Waals surface area contributed by atoms with E-state index in [1.165, 1.54) is 7.11 Å². The Labute approximate surface area is 120 Å². The molecule has 110 valence electrons. The average molecular weight is 277 g/mol. The number of methoxy groups -OCH3 is 1. The predicted molar refractivity (Wildman–Crippen MR) is 78.2 cm³/mol. The Balaban J connectivity index is 2.76. The van der Waals surface area contributed by atoms with Gasteiger partial charge in [-0.15, -0.1) is 0 Å². The second-order valence-corrected chi connectivity index (χ2v) is 4.91. The number of nitrogens with one attached hydrogen (secondary N) is 1. The van der Waals surface area contributed by atoms with Crippen LogP contribution < -0.4 is 5.32 Å². The molecular formula is C16H23NO3. The Kier molecular flexibility index (Phi) is 6.77. The molecule has 0 unspecified atom stereocenters. The van der Waals surface area contributed by atoms with E-state index in [9.17, 15) is 9.59 Å². The fraction of sp³-hybridized carbons (Fsp3) is 0.500. The Morgan fingerprint density at radius 3 is 2.45 bits per heavy atom. The zero-order valence-electron chi connectivity index (χ0n) is 12.4. The second-order valence-electron chi connectivity index (χ2n) is 4.91. The number of hydrogen-bond donors (Lipinski definition) is 1. The second kappa shape index (κ2) is 8.35. The van der Waals surface area contributed by atoms with Crippen LogP contribution in [-0.2, 0) is 14.3 Å². The van der Waals surface area contributed by atoms with Crippen molar-refractivity contribution in [2.45, 2.75) is 45.6 Å². The van der Waals surface area contributed by atoms with Crippen LogP contribution in [0.3, 0.4) is 0 Å². The molecule has 1 amide bonds. The lowest BCUT2D eigenvalue weighted by Gasteiger charge is -2.18. The summed E-state index contributed by atoms with van der Waals surface area (Å²) in [5.74, 6) is -0.354. The number of carbonyl (C=O) groups is 2. The van der Waals surface area contributed by atoms with Gasteiger partial charge < -0.3 is 10.1 Å². The number of esters is 1. The molecule has 0 radical (unpaired) electrons. The highest BCUT2D eigenvalue weighted by molar-refractivity contribution is 5.78. The van der Waals surface area contributed by atoms with Crippen LogP contribution in [-0.4, -0.2) is 19.0 Å². The van der Waals surface area contributed by atoms with Crippen LogP contribution in [0.25, 0.3) is 0 Å². The van der Waals surface area contributed by atoms with Crippen LogP contribution in [0.15, 0.2) is 24.3 Å². The molecule has 0 aromatic heterocycles. The number of ether oxygens (including phenoxy) is 1. The third kappa shape index (κ3) is 5.43. The van der Waals surface area contributed by atoms with Crippen molar-refractivity contribution >= 4 is 11.9 Å². The maximum absolute atomic E-state index is 11.9. The summed E-state index contributed by atoms with van der Waals surface area (Å²) in [7, 11) is 1.35. The van der Waals surface area contributed by atoms with E-state index in [4.69, 9.17) is 4.74 Å². The van der Waals surface area contributed by atoms with Crippen molar-refractivity contribution in [3.05, 3.63) is 35.4 Å². The van der Waals surface area contributed by atoms with E-state index in [-0.39, 0.29) is 24.3 Å². The minimum Gasteiger partial charge on any atom is -0.469 e. The molecule has 1 atom stereocenters. The van der Waals surface area contributed by atoms with Gasteiger partial charge in [0.2, 0.25) is 5.91 Å². The molecule has 0 bridgehead atoms. The highest BCUT2D eigenvalue weighted by atomic mass is 16.5. The van der Waals surface area contributed by atoms with Crippen LogP contribution >= 0.6 is 0 Å². The van der Waals surface area contributed by atoms with E-state index < -0.39 is 0 Å². The van der Waals surface area contributed by atoms with E-state index >= 15 is 0 Å². The normalized spacial score (nSPS) is 11.8. The third-order valence-electron chi connectivity index (χ3n) is 3.17. The molecule has 0 aliphatic rings. The number of amides is 1. The molecular weight excluding hydrogens is 254 g/mol. The molecule has 0 fully saturated rings. The highest BCUT2D eigenvalue weighted by Gasteiger charge is 2.18. The summed E-state index contributed by atoms with van der Waals surface area (Å²) in [5, 5.41) is 2.91. The summed E-state index contributed by atoms with van der Waals surface area (Å²) >= 11 is 0. The van der Waals surface area contributed by atoms with Crippen molar-refractivity contribution in [1.29, 1.82) is 0 Å². The maximum atomic E-state index is 11.9. The maximum Gasteiger partial charge on any atom is 0.307 e.